The lowest BCUT2D eigenvalue weighted by Gasteiger charge is -2.35. The predicted molar refractivity (Wildman–Crippen MR) is 73.2 cm³/mol. The Balaban J connectivity index is 2.44. The number of amides is 1. The molecule has 0 aromatic rings. The van der Waals surface area contributed by atoms with Crippen LogP contribution in [0.25, 0.3) is 0 Å². The molecule has 0 aromatic carbocycles. The Labute approximate surface area is 116 Å². The topological polar surface area (TPSA) is 89.7 Å². The van der Waals surface area contributed by atoms with Gasteiger partial charge in [0.15, 0.2) is 0 Å². The summed E-state index contributed by atoms with van der Waals surface area (Å²) in [6, 6.07) is 0.109. The van der Waals surface area contributed by atoms with Gasteiger partial charge in [0.2, 0.25) is 10.9 Å². The number of hydrogen-bond donors (Lipinski definition) is 2. The molecule has 112 valence electrons. The number of carbonyl (C=O) groups excluding carboxylic acids is 1. The standard InChI is InChI=1S/C12H24N2O4S/c1-12(2,18-11(13)15)8-9-4-6-10(7-5-9)14(3)19(16)17/h9-10,19H,4-8H2,1-3H3,(H2,13,15). The second kappa shape index (κ2) is 6.56. The van der Waals surface area contributed by atoms with E-state index in [1.807, 2.05) is 13.8 Å². The zero-order valence-electron chi connectivity index (χ0n) is 11.8. The van der Waals surface area contributed by atoms with Crippen molar-refractivity contribution < 1.29 is 17.9 Å². The molecule has 7 heteroatoms. The maximum atomic E-state index is 10.9. The Kier molecular flexibility index (Phi) is 5.61. The molecule has 19 heavy (non-hydrogen) atoms. The maximum absolute atomic E-state index is 10.9. The van der Waals surface area contributed by atoms with Crippen molar-refractivity contribution in [2.24, 2.45) is 11.7 Å². The molecule has 1 aliphatic rings. The Morgan fingerprint density at radius 3 is 2.26 bits per heavy atom. The first-order valence-corrected chi connectivity index (χ1v) is 7.70. The smallest absolute Gasteiger partial charge is 0.405 e. The normalized spacial score (nSPS) is 24.7. The van der Waals surface area contributed by atoms with E-state index in [2.05, 4.69) is 0 Å². The molecule has 0 unspecified atom stereocenters. The molecule has 1 aliphatic carbocycles. The number of ether oxygens (including phenoxy) is 1. The summed E-state index contributed by atoms with van der Waals surface area (Å²) in [4.78, 5) is 10.8. The number of nitrogens with zero attached hydrogens (tertiary/aromatic N) is 1. The zero-order chi connectivity index (χ0) is 14.6. The van der Waals surface area contributed by atoms with Gasteiger partial charge in [-0.25, -0.2) is 17.5 Å². The van der Waals surface area contributed by atoms with E-state index in [1.54, 1.807) is 7.05 Å². The third-order valence-electron chi connectivity index (χ3n) is 3.76. The highest BCUT2D eigenvalue weighted by Gasteiger charge is 2.31. The van der Waals surface area contributed by atoms with Crippen LogP contribution in [0.2, 0.25) is 0 Å². The van der Waals surface area contributed by atoms with Gasteiger partial charge in [-0.3, -0.25) is 0 Å². The van der Waals surface area contributed by atoms with Crippen molar-refractivity contribution in [1.29, 1.82) is 0 Å². The first-order chi connectivity index (χ1) is 8.71. The highest BCUT2D eigenvalue weighted by atomic mass is 32.2. The summed E-state index contributed by atoms with van der Waals surface area (Å²) < 4.78 is 28.4. The van der Waals surface area contributed by atoms with Crippen molar-refractivity contribution in [2.75, 3.05) is 7.05 Å². The predicted octanol–water partition coefficient (Wildman–Crippen LogP) is 1.27. The average molecular weight is 292 g/mol. The van der Waals surface area contributed by atoms with Gasteiger partial charge in [0.1, 0.15) is 5.60 Å². The van der Waals surface area contributed by atoms with Crippen molar-refractivity contribution in [3.8, 4) is 0 Å². The number of carbonyl (C=O) groups is 1. The van der Waals surface area contributed by atoms with Gasteiger partial charge in [-0.1, -0.05) is 0 Å². The number of primary amides is 1. The summed E-state index contributed by atoms with van der Waals surface area (Å²) in [6.45, 7) is 3.70. The second-order valence-electron chi connectivity index (χ2n) is 5.87. The van der Waals surface area contributed by atoms with Crippen LogP contribution in [0.3, 0.4) is 0 Å². The average Bonchev–Trinajstić information content (AvgIpc) is 2.26. The van der Waals surface area contributed by atoms with E-state index in [-0.39, 0.29) is 6.04 Å². The van der Waals surface area contributed by atoms with Crippen LogP contribution in [-0.2, 0) is 15.6 Å². The van der Waals surface area contributed by atoms with Gasteiger partial charge in [-0.15, -0.1) is 0 Å². The van der Waals surface area contributed by atoms with Gasteiger partial charge in [-0.2, -0.15) is 0 Å². The molecule has 0 spiro atoms. The van der Waals surface area contributed by atoms with Crippen molar-refractivity contribution >= 4 is 17.0 Å². The molecular formula is C12H24N2O4S. The molecule has 0 aliphatic heterocycles. The van der Waals surface area contributed by atoms with Crippen LogP contribution in [0.5, 0.6) is 0 Å². The van der Waals surface area contributed by atoms with Crippen LogP contribution in [0, 0.1) is 5.92 Å². The summed E-state index contributed by atoms with van der Waals surface area (Å²) in [5.74, 6) is 0.448. The van der Waals surface area contributed by atoms with Crippen molar-refractivity contribution in [3.63, 3.8) is 0 Å². The number of hydrogen-bond acceptors (Lipinski definition) is 4. The van der Waals surface area contributed by atoms with Crippen LogP contribution in [0.15, 0.2) is 0 Å². The van der Waals surface area contributed by atoms with Crippen LogP contribution < -0.4 is 5.73 Å². The number of rotatable bonds is 5. The van der Waals surface area contributed by atoms with Crippen LogP contribution in [0.1, 0.15) is 46.0 Å². The zero-order valence-corrected chi connectivity index (χ0v) is 12.7. The fourth-order valence-corrected chi connectivity index (χ4v) is 3.36. The second-order valence-corrected chi connectivity index (χ2v) is 6.98. The van der Waals surface area contributed by atoms with E-state index in [9.17, 15) is 13.2 Å². The lowest BCUT2D eigenvalue weighted by molar-refractivity contribution is 0.0197. The third-order valence-corrected chi connectivity index (χ3v) is 4.60. The monoisotopic (exact) mass is 292 g/mol. The summed E-state index contributed by atoms with van der Waals surface area (Å²) in [5.41, 5.74) is 4.49. The Bertz CT molecular complexity index is 379. The molecule has 0 saturated heterocycles. The van der Waals surface area contributed by atoms with Gasteiger partial charge in [0.25, 0.3) is 0 Å². The highest BCUT2D eigenvalue weighted by Crippen LogP contribution is 2.33. The lowest BCUT2D eigenvalue weighted by Crippen LogP contribution is -2.37. The SMILES string of the molecule is CN(C1CCC(CC(C)(C)OC(N)=O)CC1)[SH](=O)=O. The van der Waals surface area contributed by atoms with Crippen molar-refractivity contribution in [1.82, 2.24) is 4.31 Å². The van der Waals surface area contributed by atoms with Crippen molar-refractivity contribution in [3.05, 3.63) is 0 Å². The Morgan fingerprint density at radius 2 is 1.84 bits per heavy atom. The summed E-state index contributed by atoms with van der Waals surface area (Å²) in [5, 5.41) is 0. The van der Waals surface area contributed by atoms with Gasteiger partial charge in [0, 0.05) is 13.1 Å². The molecule has 0 aromatic heterocycles. The van der Waals surface area contributed by atoms with Gasteiger partial charge < -0.3 is 10.5 Å². The third kappa shape index (κ3) is 5.36. The minimum absolute atomic E-state index is 0.109. The molecule has 1 rings (SSSR count). The molecule has 0 radical (unpaired) electrons. The Morgan fingerprint density at radius 1 is 1.32 bits per heavy atom. The fourth-order valence-electron chi connectivity index (χ4n) is 2.87. The molecule has 1 saturated carbocycles. The quantitative estimate of drug-likeness (QED) is 0.747. The molecular weight excluding hydrogens is 268 g/mol. The number of thiol groups is 1. The van der Waals surface area contributed by atoms with E-state index >= 15 is 0 Å². The van der Waals surface area contributed by atoms with Gasteiger partial charge in [0.05, 0.1) is 0 Å². The fraction of sp³-hybridized carbons (Fsp3) is 0.917. The lowest BCUT2D eigenvalue weighted by atomic mass is 9.80. The minimum Gasteiger partial charge on any atom is -0.444 e. The molecule has 0 bridgehead atoms. The largest absolute Gasteiger partial charge is 0.444 e. The van der Waals surface area contributed by atoms with E-state index in [0.29, 0.717) is 5.92 Å². The molecule has 0 atom stereocenters. The van der Waals surface area contributed by atoms with E-state index in [1.165, 1.54) is 4.31 Å². The summed E-state index contributed by atoms with van der Waals surface area (Å²) in [7, 11) is -0.868. The maximum Gasteiger partial charge on any atom is 0.405 e. The number of nitrogens with two attached hydrogens (primary N) is 1. The summed E-state index contributed by atoms with van der Waals surface area (Å²) >= 11 is 0. The molecule has 2 N–H and O–H groups in total. The van der Waals surface area contributed by atoms with Crippen LogP contribution >= 0.6 is 0 Å². The minimum atomic E-state index is -2.49. The first-order valence-electron chi connectivity index (χ1n) is 6.57. The molecule has 0 heterocycles. The summed E-state index contributed by atoms with van der Waals surface area (Å²) in [6.07, 6.45) is 3.62. The van der Waals surface area contributed by atoms with Gasteiger partial charge in [-0.05, 0) is 51.9 Å². The van der Waals surface area contributed by atoms with Crippen LogP contribution in [-0.4, -0.2) is 37.5 Å². The van der Waals surface area contributed by atoms with E-state index < -0.39 is 22.6 Å². The molecule has 6 nitrogen and oxygen atoms in total. The van der Waals surface area contributed by atoms with Gasteiger partial charge >= 0.3 is 6.09 Å². The van der Waals surface area contributed by atoms with Crippen molar-refractivity contribution in [2.45, 2.75) is 57.6 Å². The molecule has 1 amide bonds. The van der Waals surface area contributed by atoms with Crippen LogP contribution in [0.4, 0.5) is 4.79 Å². The molecule has 1 fully saturated rings. The first kappa shape index (κ1) is 16.2. The highest BCUT2D eigenvalue weighted by molar-refractivity contribution is 7.69. The van der Waals surface area contributed by atoms with E-state index in [4.69, 9.17) is 10.5 Å². The Hall–Kier alpha value is -0.820. The van der Waals surface area contributed by atoms with E-state index in [0.717, 1.165) is 32.1 Å².